The van der Waals surface area contributed by atoms with E-state index in [9.17, 15) is 17.4 Å². The van der Waals surface area contributed by atoms with E-state index >= 15 is 0 Å². The Kier molecular flexibility index (Phi) is 6.13. The fourth-order valence-corrected chi connectivity index (χ4v) is 5.27. The van der Waals surface area contributed by atoms with Crippen LogP contribution >= 0.6 is 11.6 Å². The highest BCUT2D eigenvalue weighted by Crippen LogP contribution is 2.28. The zero-order chi connectivity index (χ0) is 16.4. The Labute approximate surface area is 133 Å². The molecule has 1 rings (SSSR count). The van der Waals surface area contributed by atoms with Crippen LogP contribution in [0.3, 0.4) is 0 Å². The van der Waals surface area contributed by atoms with Crippen molar-refractivity contribution in [3.8, 4) is 0 Å². The Bertz CT molecular complexity index is 676. The molecule has 0 bridgehead atoms. The van der Waals surface area contributed by atoms with Crippen molar-refractivity contribution in [2.45, 2.75) is 48.7 Å². The van der Waals surface area contributed by atoms with E-state index in [0.29, 0.717) is 18.4 Å². The Morgan fingerprint density at radius 3 is 2.19 bits per heavy atom. The molecule has 0 radical (unpaired) electrons. The van der Waals surface area contributed by atoms with Crippen LogP contribution in [0, 0.1) is 6.92 Å². The molecule has 0 aliphatic rings. The van der Waals surface area contributed by atoms with Crippen molar-refractivity contribution in [2.24, 2.45) is 0 Å². The average Bonchev–Trinajstić information content (AvgIpc) is 2.37. The number of rotatable bonds is 6. The molecule has 0 fully saturated rings. The van der Waals surface area contributed by atoms with Crippen LogP contribution in [0.5, 0.6) is 0 Å². The molecule has 4 nitrogen and oxygen atoms in total. The molecule has 0 aromatic heterocycles. The number of hydrogen-bond donors (Lipinski definition) is 0. The van der Waals surface area contributed by atoms with E-state index in [1.165, 1.54) is 12.1 Å². The van der Waals surface area contributed by atoms with Gasteiger partial charge in [0.25, 0.3) is 5.24 Å². The molecule has 0 heterocycles. The van der Waals surface area contributed by atoms with Crippen LogP contribution in [-0.2, 0) is 20.6 Å². The second kappa shape index (κ2) is 7.03. The summed E-state index contributed by atoms with van der Waals surface area (Å²) >= 11 is 5.47. The third-order valence-corrected chi connectivity index (χ3v) is 6.85. The number of hydrogen-bond acceptors (Lipinski definition) is 4. The molecule has 0 aliphatic carbocycles. The van der Waals surface area contributed by atoms with Gasteiger partial charge in [-0.15, -0.1) is 0 Å². The summed E-state index contributed by atoms with van der Waals surface area (Å²) in [6.45, 7) is 5.47. The van der Waals surface area contributed by atoms with Crippen LogP contribution < -0.4 is 0 Å². The second-order valence-electron chi connectivity index (χ2n) is 4.90. The summed E-state index contributed by atoms with van der Waals surface area (Å²) < 4.78 is 36.5. The van der Waals surface area contributed by atoms with E-state index < -0.39 is 25.9 Å². The molecule has 0 amide bonds. The fourth-order valence-electron chi connectivity index (χ4n) is 2.09. The third-order valence-electron chi connectivity index (χ3n) is 3.33. The first-order valence-electron chi connectivity index (χ1n) is 6.58. The van der Waals surface area contributed by atoms with E-state index in [1.54, 1.807) is 6.92 Å². The monoisotopic (exact) mass is 350 g/mol. The maximum absolute atomic E-state index is 12.6. The largest absolute Gasteiger partial charge is 0.276 e. The summed E-state index contributed by atoms with van der Waals surface area (Å²) in [5.41, 5.74) is 0.652. The fraction of sp³-hybridized carbons (Fsp3) is 0.500. The summed E-state index contributed by atoms with van der Waals surface area (Å²) in [6.07, 6.45) is 2.40. The maximum Gasteiger partial charge on any atom is 0.252 e. The van der Waals surface area contributed by atoms with E-state index in [4.69, 9.17) is 11.6 Å². The normalized spacial score (nSPS) is 13.4. The van der Waals surface area contributed by atoms with Crippen LogP contribution in [0.25, 0.3) is 0 Å². The van der Waals surface area contributed by atoms with Crippen LogP contribution in [0.15, 0.2) is 21.9 Å². The van der Waals surface area contributed by atoms with E-state index in [2.05, 4.69) is 0 Å². The molecule has 1 unspecified atom stereocenters. The molecule has 0 aliphatic heterocycles. The number of halogens is 1. The van der Waals surface area contributed by atoms with Gasteiger partial charge in [-0.05, 0) is 49.1 Å². The first-order valence-corrected chi connectivity index (χ1v) is 10.1. The lowest BCUT2D eigenvalue weighted by molar-refractivity contribution is 0.108. The van der Waals surface area contributed by atoms with Gasteiger partial charge in [-0.1, -0.05) is 13.8 Å². The van der Waals surface area contributed by atoms with Crippen molar-refractivity contribution < 1.29 is 17.4 Å². The number of benzene rings is 1. The quantitative estimate of drug-likeness (QED) is 0.739. The lowest BCUT2D eigenvalue weighted by Crippen LogP contribution is -2.17. The molecule has 21 heavy (non-hydrogen) atoms. The van der Waals surface area contributed by atoms with E-state index in [-0.39, 0.29) is 20.6 Å². The SMILES string of the molecule is CCC(CC)S(=O)c1cc(C)c(C(=O)Cl)cc1S(C)(=O)=O. The maximum atomic E-state index is 12.6. The van der Waals surface area contributed by atoms with Crippen LogP contribution in [0.1, 0.15) is 42.6 Å². The molecule has 1 aromatic rings. The van der Waals surface area contributed by atoms with Crippen molar-refractivity contribution in [2.75, 3.05) is 6.26 Å². The highest BCUT2D eigenvalue weighted by molar-refractivity contribution is 7.92. The predicted octanol–water partition coefficient (Wildman–Crippen LogP) is 3.07. The Hall–Kier alpha value is -0.720. The summed E-state index contributed by atoms with van der Waals surface area (Å²) in [5.74, 6) is 0. The molecular formula is C14H19ClO4S2. The van der Waals surface area contributed by atoms with Crippen LogP contribution in [0.4, 0.5) is 0 Å². The summed E-state index contributed by atoms with van der Waals surface area (Å²) in [6, 6.07) is 2.73. The molecule has 0 saturated heterocycles. The van der Waals surface area contributed by atoms with Gasteiger partial charge in [0.15, 0.2) is 9.84 Å². The summed E-state index contributed by atoms with van der Waals surface area (Å²) in [4.78, 5) is 11.5. The topological polar surface area (TPSA) is 68.3 Å². The van der Waals surface area contributed by atoms with Crippen molar-refractivity contribution >= 4 is 37.5 Å². The second-order valence-corrected chi connectivity index (χ2v) is 8.92. The number of carbonyl (C=O) groups is 1. The minimum absolute atomic E-state index is 0.0812. The van der Waals surface area contributed by atoms with E-state index in [1.807, 2.05) is 13.8 Å². The minimum atomic E-state index is -3.61. The smallest absolute Gasteiger partial charge is 0.252 e. The summed E-state index contributed by atoms with van der Waals surface area (Å²) in [5, 5.41) is -0.847. The number of carbonyl (C=O) groups excluding carboxylic acids is 1. The van der Waals surface area contributed by atoms with Crippen molar-refractivity contribution in [1.82, 2.24) is 0 Å². The van der Waals surface area contributed by atoms with E-state index in [0.717, 1.165) is 6.26 Å². The standard InChI is InChI=1S/C14H19ClO4S2/c1-5-10(6-2)20(17)12-7-9(3)11(14(15)16)8-13(12)21(4,18)19/h7-8,10H,5-6H2,1-4H3. The zero-order valence-corrected chi connectivity index (χ0v) is 14.9. The van der Waals surface area contributed by atoms with Gasteiger partial charge < -0.3 is 0 Å². The molecule has 118 valence electrons. The molecule has 1 atom stereocenters. The summed E-state index contributed by atoms with van der Waals surface area (Å²) in [7, 11) is -5.05. The lowest BCUT2D eigenvalue weighted by atomic mass is 10.1. The molecule has 0 spiro atoms. The van der Waals surface area contributed by atoms with Gasteiger partial charge in [-0.2, -0.15) is 0 Å². The highest BCUT2D eigenvalue weighted by atomic mass is 35.5. The van der Waals surface area contributed by atoms with Crippen LogP contribution in [-0.4, -0.2) is 29.4 Å². The molecule has 0 saturated carbocycles. The zero-order valence-electron chi connectivity index (χ0n) is 12.5. The highest BCUT2D eigenvalue weighted by Gasteiger charge is 2.25. The van der Waals surface area contributed by atoms with Gasteiger partial charge in [0, 0.05) is 17.1 Å². The lowest BCUT2D eigenvalue weighted by Gasteiger charge is -2.16. The molecule has 1 aromatic carbocycles. The molecule has 7 heteroatoms. The van der Waals surface area contributed by atoms with Gasteiger partial charge in [-0.3, -0.25) is 9.00 Å². The Morgan fingerprint density at radius 2 is 1.81 bits per heavy atom. The number of sulfone groups is 1. The van der Waals surface area contributed by atoms with Crippen molar-refractivity contribution in [1.29, 1.82) is 0 Å². The predicted molar refractivity (Wildman–Crippen MR) is 85.3 cm³/mol. The Morgan fingerprint density at radius 1 is 1.29 bits per heavy atom. The van der Waals surface area contributed by atoms with Gasteiger partial charge >= 0.3 is 0 Å². The van der Waals surface area contributed by atoms with Crippen LogP contribution in [0.2, 0.25) is 0 Å². The third kappa shape index (κ3) is 4.14. The molecule has 0 N–H and O–H groups in total. The minimum Gasteiger partial charge on any atom is -0.276 e. The van der Waals surface area contributed by atoms with Gasteiger partial charge in [0.05, 0.1) is 20.6 Å². The van der Waals surface area contributed by atoms with Crippen molar-refractivity contribution in [3.05, 3.63) is 23.3 Å². The first-order chi connectivity index (χ1) is 9.63. The Balaban J connectivity index is 3.62. The first kappa shape index (κ1) is 18.3. The van der Waals surface area contributed by atoms with Gasteiger partial charge in [0.2, 0.25) is 0 Å². The van der Waals surface area contributed by atoms with Crippen molar-refractivity contribution in [3.63, 3.8) is 0 Å². The van der Waals surface area contributed by atoms with Gasteiger partial charge in [-0.25, -0.2) is 8.42 Å². The number of aryl methyl sites for hydroxylation is 1. The average molecular weight is 351 g/mol. The van der Waals surface area contributed by atoms with Gasteiger partial charge in [0.1, 0.15) is 0 Å². The molecular weight excluding hydrogens is 332 g/mol.